The fraction of sp³-hybridized carbons (Fsp3) is 0.188. The Morgan fingerprint density at radius 2 is 1.08 bits per heavy atom. The number of carbonyl (C=O) groups excluding carboxylic acids is 2. The van der Waals surface area contributed by atoms with Gasteiger partial charge in [-0.1, -0.05) is 121 Å². The summed E-state index contributed by atoms with van der Waals surface area (Å²) < 4.78 is 12.7. The second-order valence-electron chi connectivity index (χ2n) is 9.30. The lowest BCUT2D eigenvalue weighted by atomic mass is 9.94. The van der Waals surface area contributed by atoms with Gasteiger partial charge in [0.2, 0.25) is 0 Å². The SMILES string of the molecule is CC(C)(Cc1ccccc1)O[C@@H](c1ccccc1)[C@H](OC(=O)C(=O)c1ccccc1)c1ccccc1. The fourth-order valence-corrected chi connectivity index (χ4v) is 4.24. The van der Waals surface area contributed by atoms with Crippen LogP contribution in [-0.4, -0.2) is 17.4 Å². The normalized spacial score (nSPS) is 12.9. The molecule has 0 bridgehead atoms. The molecule has 0 spiro atoms. The van der Waals surface area contributed by atoms with Gasteiger partial charge in [0.25, 0.3) is 5.78 Å². The molecule has 4 nitrogen and oxygen atoms in total. The van der Waals surface area contributed by atoms with Gasteiger partial charge in [0.05, 0.1) is 5.60 Å². The van der Waals surface area contributed by atoms with Crippen molar-refractivity contribution in [1.29, 1.82) is 0 Å². The number of esters is 1. The van der Waals surface area contributed by atoms with Crippen LogP contribution in [0.5, 0.6) is 0 Å². The standard InChI is InChI=1S/C32H30O4/c1-32(2,23-24-15-7-3-8-16-24)36-30(27-21-13-6-14-22-27)29(26-19-11-5-12-20-26)35-31(34)28(33)25-17-9-4-10-18-25/h3-22,29-30H,23H2,1-2H3/t29-,30+/m1/s1. The molecule has 4 rings (SSSR count). The molecule has 0 heterocycles. The Hall–Kier alpha value is -4.02. The highest BCUT2D eigenvalue weighted by Gasteiger charge is 2.36. The van der Waals surface area contributed by atoms with Crippen LogP contribution in [0.2, 0.25) is 0 Å². The topological polar surface area (TPSA) is 52.6 Å². The van der Waals surface area contributed by atoms with E-state index in [9.17, 15) is 9.59 Å². The molecule has 0 aliphatic carbocycles. The predicted molar refractivity (Wildman–Crippen MR) is 141 cm³/mol. The summed E-state index contributed by atoms with van der Waals surface area (Å²) in [5.74, 6) is -1.60. The molecule has 4 heteroatoms. The highest BCUT2D eigenvalue weighted by Crippen LogP contribution is 2.39. The summed E-state index contributed by atoms with van der Waals surface area (Å²) in [6.07, 6.45) is -0.807. The van der Waals surface area contributed by atoms with Crippen LogP contribution in [0.15, 0.2) is 121 Å². The summed E-state index contributed by atoms with van der Waals surface area (Å²) in [5.41, 5.74) is 2.44. The Bertz CT molecular complexity index is 1250. The summed E-state index contributed by atoms with van der Waals surface area (Å²) in [6, 6.07) is 37.7. The van der Waals surface area contributed by atoms with Gasteiger partial charge in [0, 0.05) is 12.0 Å². The lowest BCUT2D eigenvalue weighted by molar-refractivity contribution is -0.166. The van der Waals surface area contributed by atoms with E-state index in [2.05, 4.69) is 12.1 Å². The molecular formula is C32H30O4. The molecule has 0 aliphatic heterocycles. The first-order chi connectivity index (χ1) is 17.4. The van der Waals surface area contributed by atoms with E-state index in [1.165, 1.54) is 0 Å². The van der Waals surface area contributed by atoms with Crippen molar-refractivity contribution >= 4 is 11.8 Å². The van der Waals surface area contributed by atoms with Gasteiger partial charge in [-0.3, -0.25) is 4.79 Å². The number of Topliss-reactive ketones (excluding diaryl/α,β-unsaturated/α-hetero) is 1. The summed E-state index contributed by atoms with van der Waals surface area (Å²) in [5, 5.41) is 0. The first-order valence-electron chi connectivity index (χ1n) is 12.0. The first-order valence-corrected chi connectivity index (χ1v) is 12.0. The van der Waals surface area contributed by atoms with Crippen molar-refractivity contribution in [2.75, 3.05) is 0 Å². The molecule has 0 saturated carbocycles. The highest BCUT2D eigenvalue weighted by molar-refractivity contribution is 6.40. The van der Waals surface area contributed by atoms with E-state index in [0.29, 0.717) is 6.42 Å². The molecule has 0 N–H and O–H groups in total. The maximum Gasteiger partial charge on any atom is 0.380 e. The van der Waals surface area contributed by atoms with Gasteiger partial charge in [-0.2, -0.15) is 0 Å². The van der Waals surface area contributed by atoms with Gasteiger partial charge in [-0.05, 0) is 30.5 Å². The summed E-state index contributed by atoms with van der Waals surface area (Å²) in [4.78, 5) is 26.0. The number of benzene rings is 4. The smallest absolute Gasteiger partial charge is 0.380 e. The molecule has 4 aromatic carbocycles. The van der Waals surface area contributed by atoms with Crippen molar-refractivity contribution in [2.45, 2.75) is 38.1 Å². The molecule has 0 saturated heterocycles. The van der Waals surface area contributed by atoms with Crippen LogP contribution in [0.1, 0.15) is 53.1 Å². The van der Waals surface area contributed by atoms with Gasteiger partial charge in [-0.25, -0.2) is 4.79 Å². The minimum atomic E-state index is -0.916. The number of ketones is 1. The van der Waals surface area contributed by atoms with Crippen LogP contribution in [0.25, 0.3) is 0 Å². The van der Waals surface area contributed by atoms with Gasteiger partial charge in [-0.15, -0.1) is 0 Å². The molecule has 0 aromatic heterocycles. The Labute approximate surface area is 212 Å². The zero-order chi connectivity index (χ0) is 25.4. The molecule has 36 heavy (non-hydrogen) atoms. The molecule has 0 amide bonds. The van der Waals surface area contributed by atoms with Crippen molar-refractivity contribution in [1.82, 2.24) is 0 Å². The third-order valence-electron chi connectivity index (χ3n) is 5.91. The fourth-order valence-electron chi connectivity index (χ4n) is 4.24. The second-order valence-corrected chi connectivity index (χ2v) is 9.30. The first kappa shape index (κ1) is 25.1. The van der Waals surface area contributed by atoms with Crippen molar-refractivity contribution in [3.63, 3.8) is 0 Å². The number of hydrogen-bond acceptors (Lipinski definition) is 4. The number of hydrogen-bond donors (Lipinski definition) is 0. The van der Waals surface area contributed by atoms with Crippen LogP contribution in [0.3, 0.4) is 0 Å². The number of rotatable bonds is 10. The van der Waals surface area contributed by atoms with Crippen LogP contribution in [-0.2, 0) is 20.7 Å². The molecule has 4 aromatic rings. The molecular weight excluding hydrogens is 448 g/mol. The van der Waals surface area contributed by atoms with Crippen molar-refractivity contribution < 1.29 is 19.1 Å². The summed E-state index contributed by atoms with van der Waals surface area (Å²) >= 11 is 0. The van der Waals surface area contributed by atoms with Gasteiger partial charge >= 0.3 is 5.97 Å². The number of carbonyl (C=O) groups is 2. The lowest BCUT2D eigenvalue weighted by Crippen LogP contribution is -2.34. The number of ether oxygens (including phenoxy) is 2. The summed E-state index contributed by atoms with van der Waals surface area (Å²) in [6.45, 7) is 4.05. The molecule has 182 valence electrons. The van der Waals surface area contributed by atoms with E-state index < -0.39 is 29.6 Å². The van der Waals surface area contributed by atoms with Gasteiger partial charge < -0.3 is 9.47 Å². The van der Waals surface area contributed by atoms with Crippen LogP contribution < -0.4 is 0 Å². The minimum absolute atomic E-state index is 0.288. The predicted octanol–water partition coefficient (Wildman–Crippen LogP) is 6.93. The summed E-state index contributed by atoms with van der Waals surface area (Å²) in [7, 11) is 0. The van der Waals surface area contributed by atoms with E-state index in [1.54, 1.807) is 30.3 Å². The second kappa shape index (κ2) is 11.6. The van der Waals surface area contributed by atoms with E-state index in [1.807, 2.05) is 92.7 Å². The maximum absolute atomic E-state index is 13.1. The van der Waals surface area contributed by atoms with Gasteiger partial charge in [0.15, 0.2) is 6.10 Å². The minimum Gasteiger partial charge on any atom is -0.448 e. The van der Waals surface area contributed by atoms with E-state index in [4.69, 9.17) is 9.47 Å². The van der Waals surface area contributed by atoms with Crippen molar-refractivity contribution in [3.8, 4) is 0 Å². The molecule has 0 unspecified atom stereocenters. The molecule has 0 radical (unpaired) electrons. The van der Waals surface area contributed by atoms with Crippen LogP contribution in [0, 0.1) is 0 Å². The van der Waals surface area contributed by atoms with Gasteiger partial charge in [0.1, 0.15) is 6.10 Å². The van der Waals surface area contributed by atoms with Crippen molar-refractivity contribution in [3.05, 3.63) is 144 Å². The Morgan fingerprint density at radius 1 is 0.639 bits per heavy atom. The Balaban J connectivity index is 1.69. The average molecular weight is 479 g/mol. The maximum atomic E-state index is 13.1. The Kier molecular flexibility index (Phi) is 8.09. The quantitative estimate of drug-likeness (QED) is 0.141. The van der Waals surface area contributed by atoms with Crippen LogP contribution in [0.4, 0.5) is 0 Å². The highest BCUT2D eigenvalue weighted by atomic mass is 16.6. The van der Waals surface area contributed by atoms with Crippen LogP contribution >= 0.6 is 0 Å². The van der Waals surface area contributed by atoms with E-state index in [-0.39, 0.29) is 5.56 Å². The third kappa shape index (κ3) is 6.55. The monoisotopic (exact) mass is 478 g/mol. The largest absolute Gasteiger partial charge is 0.448 e. The average Bonchev–Trinajstić information content (AvgIpc) is 2.92. The zero-order valence-electron chi connectivity index (χ0n) is 20.5. The molecule has 0 fully saturated rings. The zero-order valence-corrected chi connectivity index (χ0v) is 20.5. The molecule has 0 aliphatic rings. The third-order valence-corrected chi connectivity index (χ3v) is 5.91. The van der Waals surface area contributed by atoms with Crippen molar-refractivity contribution in [2.24, 2.45) is 0 Å². The lowest BCUT2D eigenvalue weighted by Gasteiger charge is -2.35. The molecule has 2 atom stereocenters. The van der Waals surface area contributed by atoms with E-state index in [0.717, 1.165) is 16.7 Å². The van der Waals surface area contributed by atoms with E-state index >= 15 is 0 Å². The Morgan fingerprint density at radius 3 is 1.61 bits per heavy atom.